The van der Waals surface area contributed by atoms with Crippen LogP contribution in [0.4, 0.5) is 0 Å². The van der Waals surface area contributed by atoms with Crippen molar-refractivity contribution >= 4 is 11.9 Å². The number of carboxylic acid groups (broad SMARTS) is 1. The highest BCUT2D eigenvalue weighted by molar-refractivity contribution is 5.96. The van der Waals surface area contributed by atoms with Crippen LogP contribution in [0.25, 0.3) is 0 Å². The normalized spacial score (nSPS) is 15.8. The number of hydrogen-bond donors (Lipinski definition) is 1. The van der Waals surface area contributed by atoms with E-state index in [1.54, 1.807) is 17.0 Å². The molecule has 114 valence electrons. The summed E-state index contributed by atoms with van der Waals surface area (Å²) in [6, 6.07) is 3.51. The zero-order valence-corrected chi connectivity index (χ0v) is 12.3. The van der Waals surface area contributed by atoms with Crippen LogP contribution in [0.3, 0.4) is 0 Å². The fourth-order valence-corrected chi connectivity index (χ4v) is 2.61. The molecule has 1 aliphatic rings. The molecular weight excluding hydrogens is 272 g/mol. The molecule has 1 aromatic heterocycles. The zero-order chi connectivity index (χ0) is 15.4. The molecule has 0 spiro atoms. The molecule has 0 aromatic carbocycles. The first-order valence-electron chi connectivity index (χ1n) is 7.04. The van der Waals surface area contributed by atoms with Crippen molar-refractivity contribution in [1.82, 2.24) is 9.88 Å². The molecule has 1 amide bonds. The van der Waals surface area contributed by atoms with Crippen molar-refractivity contribution < 1.29 is 19.4 Å². The van der Waals surface area contributed by atoms with Gasteiger partial charge in [-0.2, -0.15) is 0 Å². The van der Waals surface area contributed by atoms with Crippen molar-refractivity contribution in [3.63, 3.8) is 0 Å². The Labute approximate surface area is 123 Å². The zero-order valence-electron chi connectivity index (χ0n) is 12.3. The Morgan fingerprint density at radius 3 is 2.62 bits per heavy atom. The number of aliphatic carboxylic acids is 1. The summed E-state index contributed by atoms with van der Waals surface area (Å²) in [5.74, 6) is -0.380. The number of aromatic nitrogens is 1. The Kier molecular flexibility index (Phi) is 4.77. The third-order valence-corrected chi connectivity index (χ3v) is 3.79. The van der Waals surface area contributed by atoms with Gasteiger partial charge < -0.3 is 14.7 Å². The van der Waals surface area contributed by atoms with Crippen LogP contribution in [-0.4, -0.2) is 47.1 Å². The van der Waals surface area contributed by atoms with Crippen molar-refractivity contribution in [2.75, 3.05) is 20.2 Å². The van der Waals surface area contributed by atoms with Gasteiger partial charge in [0.2, 0.25) is 5.88 Å². The van der Waals surface area contributed by atoms with Gasteiger partial charge in [0.25, 0.3) is 5.91 Å². The van der Waals surface area contributed by atoms with E-state index in [2.05, 4.69) is 4.98 Å². The standard InChI is InChI=1S/C15H20N2O4/c1-10-3-4-12(14(16-10)21-2)15(20)17-7-5-11(6-8-17)9-13(18)19/h3-4,11H,5-9H2,1-2H3,(H,18,19). The Hall–Kier alpha value is -2.11. The number of carbonyl (C=O) groups excluding carboxylic acids is 1. The smallest absolute Gasteiger partial charge is 0.303 e. The lowest BCUT2D eigenvalue weighted by molar-refractivity contribution is -0.138. The first kappa shape index (κ1) is 15.3. The van der Waals surface area contributed by atoms with E-state index in [1.165, 1.54) is 7.11 Å². The monoisotopic (exact) mass is 292 g/mol. The summed E-state index contributed by atoms with van der Waals surface area (Å²) in [4.78, 5) is 29.2. The molecule has 1 aliphatic heterocycles. The maximum Gasteiger partial charge on any atom is 0.303 e. The van der Waals surface area contributed by atoms with Crippen LogP contribution in [0.1, 0.15) is 35.3 Å². The lowest BCUT2D eigenvalue weighted by Crippen LogP contribution is -2.39. The van der Waals surface area contributed by atoms with Crippen molar-refractivity contribution in [3.8, 4) is 5.88 Å². The predicted molar refractivity (Wildman–Crippen MR) is 76.4 cm³/mol. The van der Waals surface area contributed by atoms with Gasteiger partial charge in [-0.15, -0.1) is 0 Å². The summed E-state index contributed by atoms with van der Waals surface area (Å²) in [5.41, 5.74) is 1.25. The number of aryl methyl sites for hydroxylation is 1. The summed E-state index contributed by atoms with van der Waals surface area (Å²) < 4.78 is 5.18. The van der Waals surface area contributed by atoms with Gasteiger partial charge >= 0.3 is 5.97 Å². The van der Waals surface area contributed by atoms with E-state index in [9.17, 15) is 9.59 Å². The highest BCUT2D eigenvalue weighted by Gasteiger charge is 2.26. The predicted octanol–water partition coefficient (Wildman–Crippen LogP) is 1.73. The third kappa shape index (κ3) is 3.71. The third-order valence-electron chi connectivity index (χ3n) is 3.79. The number of hydrogen-bond acceptors (Lipinski definition) is 4. The highest BCUT2D eigenvalue weighted by Crippen LogP contribution is 2.24. The number of nitrogens with zero attached hydrogens (tertiary/aromatic N) is 2. The van der Waals surface area contributed by atoms with Crippen LogP contribution in [0.2, 0.25) is 0 Å². The topological polar surface area (TPSA) is 79.7 Å². The van der Waals surface area contributed by atoms with E-state index in [0.29, 0.717) is 24.5 Å². The molecule has 0 saturated carbocycles. The number of likely N-dealkylation sites (tertiary alicyclic amines) is 1. The molecule has 0 bridgehead atoms. The number of carbonyl (C=O) groups is 2. The van der Waals surface area contributed by atoms with Gasteiger partial charge in [-0.3, -0.25) is 9.59 Å². The van der Waals surface area contributed by atoms with E-state index in [0.717, 1.165) is 18.5 Å². The minimum atomic E-state index is -0.774. The van der Waals surface area contributed by atoms with Crippen LogP contribution in [0.5, 0.6) is 5.88 Å². The summed E-state index contributed by atoms with van der Waals surface area (Å²) in [7, 11) is 1.50. The molecule has 2 heterocycles. The molecule has 2 rings (SSSR count). The summed E-state index contributed by atoms with van der Waals surface area (Å²) in [6.07, 6.45) is 1.62. The second-order valence-electron chi connectivity index (χ2n) is 5.34. The van der Waals surface area contributed by atoms with E-state index in [4.69, 9.17) is 9.84 Å². The number of carboxylic acids is 1. The summed E-state index contributed by atoms with van der Waals surface area (Å²) >= 11 is 0. The Balaban J connectivity index is 2.03. The number of ether oxygens (including phenoxy) is 1. The van der Waals surface area contributed by atoms with Crippen molar-refractivity contribution in [2.24, 2.45) is 5.92 Å². The second kappa shape index (κ2) is 6.56. The quantitative estimate of drug-likeness (QED) is 0.914. The van der Waals surface area contributed by atoms with Crippen LogP contribution < -0.4 is 4.74 Å². The molecule has 1 aromatic rings. The van der Waals surface area contributed by atoms with Crippen LogP contribution in [0, 0.1) is 12.8 Å². The van der Waals surface area contributed by atoms with Gasteiger partial charge in [0.1, 0.15) is 5.56 Å². The summed E-state index contributed by atoms with van der Waals surface area (Å²) in [5, 5.41) is 8.81. The van der Waals surface area contributed by atoms with Gasteiger partial charge in [0, 0.05) is 25.2 Å². The number of amides is 1. The molecule has 6 heteroatoms. The Morgan fingerprint density at radius 1 is 1.38 bits per heavy atom. The second-order valence-corrected chi connectivity index (χ2v) is 5.34. The maximum atomic E-state index is 12.5. The van der Waals surface area contributed by atoms with E-state index in [-0.39, 0.29) is 18.2 Å². The molecule has 21 heavy (non-hydrogen) atoms. The number of methoxy groups -OCH3 is 1. The Morgan fingerprint density at radius 2 is 2.05 bits per heavy atom. The molecular formula is C15H20N2O4. The average molecular weight is 292 g/mol. The lowest BCUT2D eigenvalue weighted by Gasteiger charge is -2.31. The number of rotatable bonds is 4. The maximum absolute atomic E-state index is 12.5. The van der Waals surface area contributed by atoms with Gasteiger partial charge in [-0.1, -0.05) is 0 Å². The van der Waals surface area contributed by atoms with Crippen LogP contribution in [0.15, 0.2) is 12.1 Å². The molecule has 0 radical (unpaired) electrons. The lowest BCUT2D eigenvalue weighted by atomic mass is 9.93. The first-order chi connectivity index (χ1) is 10.0. The SMILES string of the molecule is COc1nc(C)ccc1C(=O)N1CCC(CC(=O)O)CC1. The molecule has 0 unspecified atom stereocenters. The molecule has 1 fully saturated rings. The molecule has 0 aliphatic carbocycles. The molecule has 6 nitrogen and oxygen atoms in total. The molecule has 1 N–H and O–H groups in total. The van der Waals surface area contributed by atoms with Gasteiger partial charge in [-0.05, 0) is 37.8 Å². The van der Waals surface area contributed by atoms with Gasteiger partial charge in [0.15, 0.2) is 0 Å². The minimum Gasteiger partial charge on any atom is -0.481 e. The van der Waals surface area contributed by atoms with E-state index >= 15 is 0 Å². The van der Waals surface area contributed by atoms with Crippen molar-refractivity contribution in [3.05, 3.63) is 23.4 Å². The van der Waals surface area contributed by atoms with Gasteiger partial charge in [0.05, 0.1) is 7.11 Å². The van der Waals surface area contributed by atoms with Crippen molar-refractivity contribution in [2.45, 2.75) is 26.2 Å². The Bertz CT molecular complexity index is 536. The minimum absolute atomic E-state index is 0.104. The molecule has 1 saturated heterocycles. The average Bonchev–Trinajstić information content (AvgIpc) is 2.46. The number of pyridine rings is 1. The summed E-state index contributed by atoms with van der Waals surface area (Å²) in [6.45, 7) is 3.00. The van der Waals surface area contributed by atoms with Crippen LogP contribution in [-0.2, 0) is 4.79 Å². The highest BCUT2D eigenvalue weighted by atomic mass is 16.5. The fraction of sp³-hybridized carbons (Fsp3) is 0.533. The van der Waals surface area contributed by atoms with Crippen LogP contribution >= 0.6 is 0 Å². The number of piperidine rings is 1. The van der Waals surface area contributed by atoms with Crippen molar-refractivity contribution in [1.29, 1.82) is 0 Å². The van der Waals surface area contributed by atoms with Gasteiger partial charge in [-0.25, -0.2) is 4.98 Å². The van der Waals surface area contributed by atoms with E-state index in [1.807, 2.05) is 6.92 Å². The first-order valence-corrected chi connectivity index (χ1v) is 7.04. The largest absolute Gasteiger partial charge is 0.481 e. The van der Waals surface area contributed by atoms with E-state index < -0.39 is 5.97 Å². The fourth-order valence-electron chi connectivity index (χ4n) is 2.61. The molecule has 0 atom stereocenters.